The molecule has 0 atom stereocenters. The Morgan fingerprint density at radius 1 is 0.351 bits per heavy atom. The van der Waals surface area contributed by atoms with Crippen LogP contribution in [0.15, 0.2) is 0 Å². The van der Waals surface area contributed by atoms with Crippen LogP contribution in [0.25, 0.3) is 0 Å². The van der Waals surface area contributed by atoms with Gasteiger partial charge in [-0.1, -0.05) is 181 Å². The van der Waals surface area contributed by atoms with Gasteiger partial charge in [0.25, 0.3) is 0 Å². The van der Waals surface area contributed by atoms with Crippen molar-refractivity contribution in [2.45, 2.75) is 206 Å². The fourth-order valence-electron chi connectivity index (χ4n) is 5.53. The van der Waals surface area contributed by atoms with Crippen molar-refractivity contribution in [1.29, 1.82) is 0 Å². The summed E-state index contributed by atoms with van der Waals surface area (Å²) >= 11 is 0. The number of unbranched alkanes of at least 4 members (excludes halogenated alkanes) is 26. The molecule has 37 heavy (non-hydrogen) atoms. The van der Waals surface area contributed by atoms with E-state index in [1.54, 1.807) is 0 Å². The van der Waals surface area contributed by atoms with Gasteiger partial charge in [-0.05, 0) is 12.8 Å². The molecule has 3 heteroatoms. The average Bonchev–Trinajstić information content (AvgIpc) is 2.87. The van der Waals surface area contributed by atoms with Crippen molar-refractivity contribution in [1.82, 2.24) is 4.90 Å². The predicted molar refractivity (Wildman–Crippen MR) is 165 cm³/mol. The molecule has 0 aromatic rings. The monoisotopic (exact) mass is 526 g/mol. The predicted octanol–water partition coefficient (Wildman–Crippen LogP) is 10.9. The lowest BCUT2D eigenvalue weighted by atomic mass is 10.0. The molecule has 0 aliphatic rings. The maximum Gasteiger partial charge on any atom is 0.221 e. The lowest BCUT2D eigenvalue weighted by Crippen LogP contribution is -2.47. The smallest absolute Gasteiger partial charge is 0.221 e. The number of nitrogens with zero attached hydrogens (tertiary/aromatic N) is 1. The first-order valence-corrected chi connectivity index (χ1v) is 17.2. The zero-order valence-corrected chi connectivity index (χ0v) is 26.1. The van der Waals surface area contributed by atoms with Gasteiger partial charge in [0.1, 0.15) is 0 Å². The minimum absolute atomic E-state index is 0.806. The molecule has 3 nitrogen and oxygen atoms in total. The Morgan fingerprint density at radius 2 is 0.541 bits per heavy atom. The van der Waals surface area contributed by atoms with Gasteiger partial charge < -0.3 is 10.2 Å². The normalized spacial score (nSPS) is 12.2. The lowest BCUT2D eigenvalue weighted by molar-refractivity contribution is -0.250. The summed E-state index contributed by atoms with van der Waals surface area (Å²) in [6, 6.07) is 0. The van der Waals surface area contributed by atoms with Gasteiger partial charge >= 0.3 is 0 Å². The van der Waals surface area contributed by atoms with Crippen molar-refractivity contribution in [3.8, 4) is 0 Å². The zero-order chi connectivity index (χ0) is 27.3. The second-order valence-corrected chi connectivity index (χ2v) is 12.2. The Bertz CT molecular complexity index is 389. The summed E-state index contributed by atoms with van der Waals surface area (Å²) < 4.78 is 0. The third-order valence-corrected chi connectivity index (χ3v) is 8.16. The van der Waals surface area contributed by atoms with Crippen LogP contribution in [0.2, 0.25) is 0 Å². The molecule has 0 amide bonds. The van der Waals surface area contributed by atoms with Crippen molar-refractivity contribution in [2.24, 2.45) is 0 Å². The Morgan fingerprint density at radius 3 is 0.730 bits per heavy atom. The first-order chi connectivity index (χ1) is 18.0. The van der Waals surface area contributed by atoms with E-state index in [0.717, 1.165) is 25.9 Å². The first kappa shape index (κ1) is 36.9. The van der Waals surface area contributed by atoms with Crippen molar-refractivity contribution in [2.75, 3.05) is 13.1 Å². The molecule has 0 aliphatic carbocycles. The summed E-state index contributed by atoms with van der Waals surface area (Å²) in [7, 11) is 0. The molecule has 0 aromatic heterocycles. The molecule has 0 saturated heterocycles. The van der Waals surface area contributed by atoms with Gasteiger partial charge in [-0.3, -0.25) is 4.90 Å². The largest absolute Gasteiger partial charge is 0.353 e. The summed E-state index contributed by atoms with van der Waals surface area (Å²) in [5.41, 5.74) is 0. The third-order valence-electron chi connectivity index (χ3n) is 8.16. The van der Waals surface area contributed by atoms with Crippen LogP contribution in [0.3, 0.4) is 0 Å². The standard InChI is InChI=1S/C34H71NO2/c1-4-6-8-10-12-14-16-18-20-22-24-26-28-30-32-35(34(3,36)37)33-31-29-27-25-23-21-19-17-15-13-11-9-7-5-2/h36-37H,4-33H2,1-3H3. The van der Waals surface area contributed by atoms with Crippen LogP contribution < -0.4 is 0 Å². The Balaban J connectivity index is 3.52. The molecule has 0 saturated carbocycles. The van der Waals surface area contributed by atoms with E-state index < -0.39 is 5.91 Å². The highest BCUT2D eigenvalue weighted by molar-refractivity contribution is 4.65. The topological polar surface area (TPSA) is 43.7 Å². The van der Waals surface area contributed by atoms with Crippen molar-refractivity contribution in [3.63, 3.8) is 0 Å². The van der Waals surface area contributed by atoms with E-state index in [-0.39, 0.29) is 0 Å². The fourth-order valence-corrected chi connectivity index (χ4v) is 5.53. The van der Waals surface area contributed by atoms with E-state index in [0.29, 0.717) is 0 Å². The van der Waals surface area contributed by atoms with Crippen molar-refractivity contribution >= 4 is 0 Å². The number of hydrogen-bond acceptors (Lipinski definition) is 3. The van der Waals surface area contributed by atoms with Crippen LogP contribution in [0.5, 0.6) is 0 Å². The first-order valence-electron chi connectivity index (χ1n) is 17.2. The third kappa shape index (κ3) is 28.7. The molecule has 0 unspecified atom stereocenters. The quantitative estimate of drug-likeness (QED) is 0.0698. The zero-order valence-electron chi connectivity index (χ0n) is 26.1. The molecule has 0 aliphatic heterocycles. The highest BCUT2D eigenvalue weighted by atomic mass is 16.5. The van der Waals surface area contributed by atoms with E-state index in [1.165, 1.54) is 174 Å². The maximum atomic E-state index is 10.2. The Labute approximate surface area is 234 Å². The molecule has 224 valence electrons. The van der Waals surface area contributed by atoms with E-state index in [9.17, 15) is 10.2 Å². The van der Waals surface area contributed by atoms with Gasteiger partial charge in [-0.25, -0.2) is 0 Å². The number of hydrogen-bond donors (Lipinski definition) is 2. The molecule has 0 radical (unpaired) electrons. The average molecular weight is 526 g/mol. The van der Waals surface area contributed by atoms with Crippen LogP contribution in [0.4, 0.5) is 0 Å². The molecule has 2 N–H and O–H groups in total. The van der Waals surface area contributed by atoms with E-state index in [4.69, 9.17) is 0 Å². The number of rotatable bonds is 31. The highest BCUT2D eigenvalue weighted by Crippen LogP contribution is 2.17. The van der Waals surface area contributed by atoms with Crippen LogP contribution in [-0.4, -0.2) is 34.1 Å². The molecule has 0 aromatic carbocycles. The van der Waals surface area contributed by atoms with Crippen LogP contribution >= 0.6 is 0 Å². The van der Waals surface area contributed by atoms with Gasteiger partial charge in [0, 0.05) is 20.0 Å². The van der Waals surface area contributed by atoms with Crippen LogP contribution in [-0.2, 0) is 0 Å². The van der Waals surface area contributed by atoms with Crippen molar-refractivity contribution in [3.05, 3.63) is 0 Å². The van der Waals surface area contributed by atoms with Gasteiger partial charge in [-0.15, -0.1) is 0 Å². The Hall–Kier alpha value is -0.120. The maximum absolute atomic E-state index is 10.2. The van der Waals surface area contributed by atoms with Gasteiger partial charge in [0.05, 0.1) is 0 Å². The van der Waals surface area contributed by atoms with Crippen molar-refractivity contribution < 1.29 is 10.2 Å². The number of aliphatic hydroxyl groups is 2. The van der Waals surface area contributed by atoms with Gasteiger partial charge in [-0.2, -0.15) is 0 Å². The summed E-state index contributed by atoms with van der Waals surface area (Å²) in [6.45, 7) is 7.71. The van der Waals surface area contributed by atoms with E-state index in [1.807, 2.05) is 4.90 Å². The second kappa shape index (κ2) is 28.9. The minimum Gasteiger partial charge on any atom is -0.353 e. The lowest BCUT2D eigenvalue weighted by Gasteiger charge is -2.32. The molecule has 0 spiro atoms. The van der Waals surface area contributed by atoms with Crippen LogP contribution in [0, 0.1) is 0 Å². The molecule has 0 rings (SSSR count). The molecule has 0 heterocycles. The molecular formula is C34H71NO2. The summed E-state index contributed by atoms with van der Waals surface area (Å²) in [6.07, 6.45) is 38.0. The molecular weight excluding hydrogens is 454 g/mol. The minimum atomic E-state index is -1.67. The SMILES string of the molecule is CCCCCCCCCCCCCCCCN(CCCCCCCCCCCCCCCC)C(C)(O)O. The summed E-state index contributed by atoms with van der Waals surface area (Å²) in [4.78, 5) is 1.88. The van der Waals surface area contributed by atoms with E-state index in [2.05, 4.69) is 13.8 Å². The molecule has 0 fully saturated rings. The highest BCUT2D eigenvalue weighted by Gasteiger charge is 2.24. The van der Waals surface area contributed by atoms with Gasteiger partial charge in [0.15, 0.2) is 0 Å². The van der Waals surface area contributed by atoms with Gasteiger partial charge in [0.2, 0.25) is 5.91 Å². The second-order valence-electron chi connectivity index (χ2n) is 12.2. The summed E-state index contributed by atoms with van der Waals surface area (Å²) in [5.74, 6) is -1.67. The van der Waals surface area contributed by atoms with E-state index >= 15 is 0 Å². The summed E-state index contributed by atoms with van der Waals surface area (Å²) in [5, 5.41) is 20.3. The molecule has 0 bridgehead atoms. The Kier molecular flexibility index (Phi) is 28.8. The fraction of sp³-hybridized carbons (Fsp3) is 1.00. The van der Waals surface area contributed by atoms with Crippen LogP contribution in [0.1, 0.15) is 201 Å².